The summed E-state index contributed by atoms with van der Waals surface area (Å²) in [6.07, 6.45) is 0.976. The van der Waals surface area contributed by atoms with Gasteiger partial charge in [-0.15, -0.1) is 11.3 Å². The minimum Gasteiger partial charge on any atom is -0.457 e. The van der Waals surface area contributed by atoms with E-state index in [2.05, 4.69) is 26.2 Å². The Kier molecular flexibility index (Phi) is 6.78. The van der Waals surface area contributed by atoms with Crippen LogP contribution in [0.4, 0.5) is 0 Å². The molecule has 3 aromatic carbocycles. The van der Waals surface area contributed by atoms with E-state index in [-0.39, 0.29) is 18.6 Å². The Bertz CT molecular complexity index is 1810. The Balaban J connectivity index is 1.23. The van der Waals surface area contributed by atoms with Gasteiger partial charge < -0.3 is 18.8 Å². The van der Waals surface area contributed by atoms with E-state index < -0.39 is 12.1 Å². The molecule has 0 aliphatic rings. The molecule has 0 amide bonds. The maximum absolute atomic E-state index is 13.0. The van der Waals surface area contributed by atoms with E-state index in [9.17, 15) is 9.90 Å². The van der Waals surface area contributed by atoms with Gasteiger partial charge in [0, 0.05) is 33.3 Å². The fourth-order valence-electron chi connectivity index (χ4n) is 4.76. The van der Waals surface area contributed by atoms with Crippen molar-refractivity contribution < 1.29 is 19.1 Å². The van der Waals surface area contributed by atoms with Gasteiger partial charge in [0.15, 0.2) is 10.8 Å². The number of ether oxygens (including phenoxy) is 1. The number of rotatable bonds is 7. The van der Waals surface area contributed by atoms with Crippen LogP contribution in [0, 0.1) is 0 Å². The molecule has 0 aliphatic carbocycles. The summed E-state index contributed by atoms with van der Waals surface area (Å²) < 4.78 is 13.6. The third kappa shape index (κ3) is 5.18. The molecule has 6 nitrogen and oxygen atoms in total. The number of hydrogen-bond acceptors (Lipinski definition) is 6. The summed E-state index contributed by atoms with van der Waals surface area (Å²) in [5, 5.41) is 15.8. The number of carbonyl (C=O) groups is 1. The van der Waals surface area contributed by atoms with Gasteiger partial charge in [-0.3, -0.25) is 0 Å². The molecule has 0 radical (unpaired) electrons. The second kappa shape index (κ2) is 10.4. The number of hydrogen-bond donors (Lipinski definition) is 1. The predicted octanol–water partition coefficient (Wildman–Crippen LogP) is 7.90. The summed E-state index contributed by atoms with van der Waals surface area (Å²) in [7, 11) is 0. The van der Waals surface area contributed by atoms with Gasteiger partial charge in [0.1, 0.15) is 12.2 Å². The molecule has 40 heavy (non-hydrogen) atoms. The number of esters is 1. The molecular formula is C33H30N2O4S. The highest BCUT2D eigenvalue weighted by Crippen LogP contribution is 2.34. The lowest BCUT2D eigenvalue weighted by atomic mass is 9.93. The zero-order valence-electron chi connectivity index (χ0n) is 22.6. The van der Waals surface area contributed by atoms with Crippen LogP contribution in [0.5, 0.6) is 0 Å². The molecule has 0 aliphatic heterocycles. The molecule has 1 N–H and O–H groups in total. The minimum absolute atomic E-state index is 0.0286. The molecule has 0 fully saturated rings. The summed E-state index contributed by atoms with van der Waals surface area (Å²) in [5.74, 6) is 0.328. The number of carbonyl (C=O) groups excluding carboxylic acids is 1. The summed E-state index contributed by atoms with van der Waals surface area (Å²) >= 11 is 1.57. The van der Waals surface area contributed by atoms with Gasteiger partial charge >= 0.3 is 5.97 Å². The van der Waals surface area contributed by atoms with Crippen molar-refractivity contribution in [1.29, 1.82) is 0 Å². The van der Waals surface area contributed by atoms with Gasteiger partial charge in [0.25, 0.3) is 0 Å². The van der Waals surface area contributed by atoms with Gasteiger partial charge in [0.2, 0.25) is 0 Å². The number of aromatic nitrogens is 2. The molecule has 7 heteroatoms. The van der Waals surface area contributed by atoms with Gasteiger partial charge in [-0.05, 0) is 35.4 Å². The molecule has 0 saturated heterocycles. The molecule has 0 spiro atoms. The zero-order valence-corrected chi connectivity index (χ0v) is 23.4. The highest BCUT2D eigenvalue weighted by molar-refractivity contribution is 7.13. The van der Waals surface area contributed by atoms with Crippen LogP contribution in [-0.4, -0.2) is 20.6 Å². The monoisotopic (exact) mass is 550 g/mol. The molecule has 3 aromatic heterocycles. The third-order valence-electron chi connectivity index (χ3n) is 7.00. The fourth-order valence-corrected chi connectivity index (χ4v) is 5.76. The van der Waals surface area contributed by atoms with Gasteiger partial charge in [-0.2, -0.15) is 0 Å². The highest BCUT2D eigenvalue weighted by atomic mass is 32.1. The van der Waals surface area contributed by atoms with Gasteiger partial charge in [-0.25, -0.2) is 9.78 Å². The second-order valence-corrected chi connectivity index (χ2v) is 11.8. The molecule has 202 valence electrons. The number of aliphatic hydroxyl groups is 1. The number of thiazole rings is 1. The van der Waals surface area contributed by atoms with Crippen molar-refractivity contribution >= 4 is 39.2 Å². The van der Waals surface area contributed by atoms with E-state index in [1.807, 2.05) is 83.4 Å². The van der Waals surface area contributed by atoms with Crippen molar-refractivity contribution in [1.82, 2.24) is 9.55 Å². The average Bonchev–Trinajstić information content (AvgIpc) is 3.69. The molecule has 0 bridgehead atoms. The van der Waals surface area contributed by atoms with Crippen molar-refractivity contribution in [2.45, 2.75) is 45.4 Å². The molecule has 3 heterocycles. The van der Waals surface area contributed by atoms with E-state index in [1.54, 1.807) is 17.5 Å². The number of para-hydroxylation sites is 1. The van der Waals surface area contributed by atoms with E-state index in [0.29, 0.717) is 5.56 Å². The van der Waals surface area contributed by atoms with Crippen LogP contribution in [0.2, 0.25) is 0 Å². The minimum atomic E-state index is -0.792. The van der Waals surface area contributed by atoms with E-state index in [0.717, 1.165) is 49.5 Å². The standard InChI is InChI=1S/C33H30N2O4S/c1-33(2,3)30-20-40-31(34-30)29-16-23-15-22(13-14-28(23)39-29)27(36)18-35-17-25(24-11-7-8-12-26(24)35)32(37)38-19-21-9-5-4-6-10-21/h4-17,20,27,36H,18-19H2,1-3H3. The summed E-state index contributed by atoms with van der Waals surface area (Å²) in [4.78, 5) is 17.8. The SMILES string of the molecule is CC(C)(C)c1csc(-c2cc3cc(C(O)Cn4cc(C(=O)OCc5ccccc5)c5ccccc54)ccc3o2)n1. The van der Waals surface area contributed by atoms with Crippen molar-refractivity contribution in [3.8, 4) is 10.8 Å². The predicted molar refractivity (Wildman–Crippen MR) is 158 cm³/mol. The number of nitrogens with zero attached hydrogens (tertiary/aromatic N) is 2. The first-order chi connectivity index (χ1) is 19.3. The maximum Gasteiger partial charge on any atom is 0.340 e. The normalized spacial score (nSPS) is 12.7. The number of furan rings is 1. The lowest BCUT2D eigenvalue weighted by molar-refractivity contribution is 0.0474. The first-order valence-corrected chi connectivity index (χ1v) is 14.1. The van der Waals surface area contributed by atoms with E-state index in [4.69, 9.17) is 14.1 Å². The largest absolute Gasteiger partial charge is 0.457 e. The highest BCUT2D eigenvalue weighted by Gasteiger charge is 2.21. The van der Waals surface area contributed by atoms with Crippen molar-refractivity contribution in [3.05, 3.63) is 113 Å². The summed E-state index contributed by atoms with van der Waals surface area (Å²) in [6.45, 7) is 6.91. The first-order valence-electron chi connectivity index (χ1n) is 13.2. The Morgan fingerprint density at radius 3 is 2.60 bits per heavy atom. The molecule has 1 atom stereocenters. The van der Waals surface area contributed by atoms with E-state index >= 15 is 0 Å². The zero-order chi connectivity index (χ0) is 27.9. The maximum atomic E-state index is 13.0. The summed E-state index contributed by atoms with van der Waals surface area (Å²) in [6, 6.07) is 25.0. The van der Waals surface area contributed by atoms with Crippen LogP contribution < -0.4 is 0 Å². The molecular weight excluding hydrogens is 520 g/mol. The third-order valence-corrected chi connectivity index (χ3v) is 7.86. The average molecular weight is 551 g/mol. The van der Waals surface area contributed by atoms with Gasteiger partial charge in [-0.1, -0.05) is 75.4 Å². The van der Waals surface area contributed by atoms with Crippen LogP contribution in [0.15, 0.2) is 94.9 Å². The molecule has 1 unspecified atom stereocenters. The number of fused-ring (bicyclic) bond motifs is 2. The van der Waals surface area contributed by atoms with Crippen molar-refractivity contribution in [3.63, 3.8) is 0 Å². The Hall–Kier alpha value is -4.20. The van der Waals surface area contributed by atoms with E-state index in [1.165, 1.54) is 0 Å². The summed E-state index contributed by atoms with van der Waals surface area (Å²) in [5.41, 5.74) is 4.78. The Morgan fingerprint density at radius 2 is 1.82 bits per heavy atom. The van der Waals surface area contributed by atoms with Crippen LogP contribution in [0.3, 0.4) is 0 Å². The number of aliphatic hydroxyl groups excluding tert-OH is 1. The van der Waals surface area contributed by atoms with Crippen molar-refractivity contribution in [2.24, 2.45) is 0 Å². The second-order valence-electron chi connectivity index (χ2n) is 11.0. The molecule has 0 saturated carbocycles. The van der Waals surface area contributed by atoms with Crippen LogP contribution in [0.1, 0.15) is 54.1 Å². The van der Waals surface area contributed by atoms with Gasteiger partial charge in [0.05, 0.1) is 23.9 Å². The Labute approximate surface area is 236 Å². The first kappa shape index (κ1) is 26.0. The van der Waals surface area contributed by atoms with Crippen LogP contribution >= 0.6 is 11.3 Å². The lowest BCUT2D eigenvalue weighted by Gasteiger charge is -2.13. The van der Waals surface area contributed by atoms with Crippen LogP contribution in [0.25, 0.3) is 32.6 Å². The molecule has 6 rings (SSSR count). The lowest BCUT2D eigenvalue weighted by Crippen LogP contribution is -2.11. The topological polar surface area (TPSA) is 77.5 Å². The molecule has 6 aromatic rings. The smallest absolute Gasteiger partial charge is 0.340 e. The Morgan fingerprint density at radius 1 is 1.05 bits per heavy atom. The fraction of sp³-hybridized carbons (Fsp3) is 0.212. The quantitative estimate of drug-likeness (QED) is 0.205. The van der Waals surface area contributed by atoms with Crippen molar-refractivity contribution in [2.75, 3.05) is 0 Å². The van der Waals surface area contributed by atoms with Crippen LogP contribution in [-0.2, 0) is 23.3 Å². The number of benzene rings is 3.